The van der Waals surface area contributed by atoms with E-state index in [1.54, 1.807) is 6.07 Å². The van der Waals surface area contributed by atoms with Gasteiger partial charge in [0.15, 0.2) is 5.78 Å². The molecule has 3 rings (SSSR count). The number of aromatic nitrogens is 1. The van der Waals surface area contributed by atoms with Gasteiger partial charge in [0.2, 0.25) is 0 Å². The lowest BCUT2D eigenvalue weighted by atomic mass is 9.94. The molecule has 0 bridgehead atoms. The van der Waals surface area contributed by atoms with E-state index in [0.717, 1.165) is 29.3 Å². The van der Waals surface area contributed by atoms with Crippen LogP contribution >= 0.6 is 11.6 Å². The van der Waals surface area contributed by atoms with Crippen molar-refractivity contribution >= 4 is 28.3 Å². The maximum Gasteiger partial charge on any atom is 0.181 e. The molecule has 1 aromatic heterocycles. The number of nitrogens with zero attached hydrogens (tertiary/aromatic N) is 1. The van der Waals surface area contributed by atoms with Crippen LogP contribution in [0.15, 0.2) is 24.3 Å². The van der Waals surface area contributed by atoms with Crippen molar-refractivity contribution in [2.75, 3.05) is 0 Å². The van der Waals surface area contributed by atoms with E-state index < -0.39 is 0 Å². The van der Waals surface area contributed by atoms with Gasteiger partial charge in [0.25, 0.3) is 0 Å². The summed E-state index contributed by atoms with van der Waals surface area (Å²) in [6.45, 7) is 0. The Kier molecular flexibility index (Phi) is 2.18. The number of pyridine rings is 1. The molecule has 0 N–H and O–H groups in total. The van der Waals surface area contributed by atoms with E-state index in [0.29, 0.717) is 17.1 Å². The third-order valence-corrected chi connectivity index (χ3v) is 3.20. The SMILES string of the molecule is O=C1CCCc2cc3cc(Cl)ccc3nc21. The Morgan fingerprint density at radius 3 is 2.94 bits per heavy atom. The molecule has 0 fully saturated rings. The van der Waals surface area contributed by atoms with E-state index in [-0.39, 0.29) is 5.78 Å². The van der Waals surface area contributed by atoms with Gasteiger partial charge < -0.3 is 0 Å². The normalized spacial score (nSPS) is 15.2. The van der Waals surface area contributed by atoms with Crippen LogP contribution in [-0.4, -0.2) is 10.8 Å². The molecule has 0 atom stereocenters. The Morgan fingerprint density at radius 1 is 1.19 bits per heavy atom. The molecule has 16 heavy (non-hydrogen) atoms. The van der Waals surface area contributed by atoms with Crippen LogP contribution in [0.25, 0.3) is 10.9 Å². The van der Waals surface area contributed by atoms with Crippen molar-refractivity contribution in [1.82, 2.24) is 4.98 Å². The van der Waals surface area contributed by atoms with Crippen LogP contribution in [0.5, 0.6) is 0 Å². The number of carbonyl (C=O) groups excluding carboxylic acids is 1. The molecule has 0 radical (unpaired) electrons. The lowest BCUT2D eigenvalue weighted by Gasteiger charge is -2.14. The zero-order valence-electron chi connectivity index (χ0n) is 8.66. The molecule has 1 aliphatic rings. The summed E-state index contributed by atoms with van der Waals surface area (Å²) in [6.07, 6.45) is 2.50. The predicted octanol–water partition coefficient (Wildman–Crippen LogP) is 3.41. The van der Waals surface area contributed by atoms with Crippen LogP contribution in [-0.2, 0) is 6.42 Å². The van der Waals surface area contributed by atoms with Crippen LogP contribution < -0.4 is 0 Å². The number of ketones is 1. The van der Waals surface area contributed by atoms with E-state index >= 15 is 0 Å². The van der Waals surface area contributed by atoms with Crippen molar-refractivity contribution in [1.29, 1.82) is 0 Å². The Balaban J connectivity index is 2.30. The van der Waals surface area contributed by atoms with E-state index in [2.05, 4.69) is 4.98 Å². The number of benzene rings is 1. The van der Waals surface area contributed by atoms with Crippen LogP contribution in [0.2, 0.25) is 5.02 Å². The molecule has 0 unspecified atom stereocenters. The summed E-state index contributed by atoms with van der Waals surface area (Å²) in [5.41, 5.74) is 2.56. The first-order valence-electron chi connectivity index (χ1n) is 5.36. The molecule has 0 saturated carbocycles. The second-order valence-electron chi connectivity index (χ2n) is 4.11. The molecule has 80 valence electrons. The second-order valence-corrected chi connectivity index (χ2v) is 4.55. The van der Waals surface area contributed by atoms with Gasteiger partial charge in [-0.3, -0.25) is 4.79 Å². The van der Waals surface area contributed by atoms with Gasteiger partial charge in [-0.25, -0.2) is 4.98 Å². The number of fused-ring (bicyclic) bond motifs is 2. The highest BCUT2D eigenvalue weighted by Crippen LogP contribution is 2.25. The molecular formula is C13H10ClNO. The van der Waals surface area contributed by atoms with Crippen LogP contribution in [0, 0.1) is 0 Å². The van der Waals surface area contributed by atoms with Crippen LogP contribution in [0.4, 0.5) is 0 Å². The average Bonchev–Trinajstić information content (AvgIpc) is 2.27. The number of halogens is 1. The summed E-state index contributed by atoms with van der Waals surface area (Å²) in [4.78, 5) is 16.1. The summed E-state index contributed by atoms with van der Waals surface area (Å²) in [5.74, 6) is 0.165. The van der Waals surface area contributed by atoms with Gasteiger partial charge in [-0.2, -0.15) is 0 Å². The van der Waals surface area contributed by atoms with Gasteiger partial charge in [0, 0.05) is 16.8 Å². The monoisotopic (exact) mass is 231 g/mol. The second kappa shape index (κ2) is 3.56. The first kappa shape index (κ1) is 9.79. The highest BCUT2D eigenvalue weighted by atomic mass is 35.5. The Hall–Kier alpha value is -1.41. The fourth-order valence-corrected chi connectivity index (χ4v) is 2.36. The minimum absolute atomic E-state index is 0.165. The number of hydrogen-bond donors (Lipinski definition) is 0. The third-order valence-electron chi connectivity index (χ3n) is 2.97. The topological polar surface area (TPSA) is 30.0 Å². The van der Waals surface area contributed by atoms with Crippen molar-refractivity contribution in [2.45, 2.75) is 19.3 Å². The van der Waals surface area contributed by atoms with Crippen LogP contribution in [0.1, 0.15) is 28.9 Å². The largest absolute Gasteiger partial charge is 0.292 e. The highest BCUT2D eigenvalue weighted by Gasteiger charge is 2.19. The average molecular weight is 232 g/mol. The molecule has 0 saturated heterocycles. The van der Waals surface area contributed by atoms with Crippen molar-refractivity contribution in [3.05, 3.63) is 40.5 Å². The lowest BCUT2D eigenvalue weighted by molar-refractivity contribution is 0.0967. The van der Waals surface area contributed by atoms with Crippen molar-refractivity contribution in [2.24, 2.45) is 0 Å². The molecule has 2 nitrogen and oxygen atoms in total. The number of aryl methyl sites for hydroxylation is 1. The van der Waals surface area contributed by atoms with Gasteiger partial charge in [-0.1, -0.05) is 11.6 Å². The molecule has 1 aromatic carbocycles. The minimum Gasteiger partial charge on any atom is -0.292 e. The van der Waals surface area contributed by atoms with Gasteiger partial charge in [-0.15, -0.1) is 0 Å². The number of rotatable bonds is 0. The van der Waals surface area contributed by atoms with E-state index in [9.17, 15) is 4.79 Å². The van der Waals surface area contributed by atoms with Crippen molar-refractivity contribution < 1.29 is 4.79 Å². The van der Waals surface area contributed by atoms with E-state index in [1.165, 1.54) is 0 Å². The smallest absolute Gasteiger partial charge is 0.181 e. The van der Waals surface area contributed by atoms with Gasteiger partial charge in [-0.05, 0) is 42.7 Å². The molecular weight excluding hydrogens is 222 g/mol. The summed E-state index contributed by atoms with van der Waals surface area (Å²) in [5, 5.41) is 1.72. The van der Waals surface area contributed by atoms with Crippen molar-refractivity contribution in [3.8, 4) is 0 Å². The molecule has 1 heterocycles. The van der Waals surface area contributed by atoms with Crippen LogP contribution in [0.3, 0.4) is 0 Å². The fourth-order valence-electron chi connectivity index (χ4n) is 2.18. The Labute approximate surface area is 98.3 Å². The van der Waals surface area contributed by atoms with Crippen molar-refractivity contribution in [3.63, 3.8) is 0 Å². The molecule has 0 aliphatic heterocycles. The predicted molar refractivity (Wildman–Crippen MR) is 64.0 cm³/mol. The maximum atomic E-state index is 11.7. The molecule has 0 amide bonds. The Bertz CT molecular complexity index is 592. The quantitative estimate of drug-likeness (QED) is 0.696. The van der Waals surface area contributed by atoms with Gasteiger partial charge >= 0.3 is 0 Å². The Morgan fingerprint density at radius 2 is 2.06 bits per heavy atom. The highest BCUT2D eigenvalue weighted by molar-refractivity contribution is 6.31. The summed E-state index contributed by atoms with van der Waals surface area (Å²) in [7, 11) is 0. The molecule has 2 aromatic rings. The summed E-state index contributed by atoms with van der Waals surface area (Å²) in [6, 6.07) is 7.60. The first-order chi connectivity index (χ1) is 7.74. The van der Waals surface area contributed by atoms with E-state index in [1.807, 2.05) is 18.2 Å². The maximum absolute atomic E-state index is 11.7. The van der Waals surface area contributed by atoms with Gasteiger partial charge in [0.05, 0.1) is 5.52 Å². The lowest BCUT2D eigenvalue weighted by Crippen LogP contribution is -2.12. The molecule has 0 spiro atoms. The standard InChI is InChI=1S/C13H10ClNO/c14-10-4-5-11-9(7-10)6-8-2-1-3-12(16)13(8)15-11/h4-7H,1-3H2. The number of Topliss-reactive ketones (excluding diaryl/α,β-unsaturated/α-hetero) is 1. The summed E-state index contributed by atoms with van der Waals surface area (Å²) >= 11 is 5.94. The summed E-state index contributed by atoms with van der Waals surface area (Å²) < 4.78 is 0. The third kappa shape index (κ3) is 1.50. The molecule has 3 heteroatoms. The number of hydrogen-bond acceptors (Lipinski definition) is 2. The molecule has 1 aliphatic carbocycles. The first-order valence-corrected chi connectivity index (χ1v) is 5.74. The zero-order valence-corrected chi connectivity index (χ0v) is 9.42. The van der Waals surface area contributed by atoms with E-state index in [4.69, 9.17) is 11.6 Å². The van der Waals surface area contributed by atoms with Gasteiger partial charge in [0.1, 0.15) is 5.69 Å². The minimum atomic E-state index is 0.165. The number of carbonyl (C=O) groups is 1. The zero-order chi connectivity index (χ0) is 11.1. The fraction of sp³-hybridized carbons (Fsp3) is 0.231.